The van der Waals surface area contributed by atoms with Gasteiger partial charge in [0.1, 0.15) is 18.2 Å². The fraction of sp³-hybridized carbons (Fsp3) is 0.182. The van der Waals surface area contributed by atoms with E-state index >= 15 is 0 Å². The Morgan fingerprint density at radius 2 is 1.26 bits per heavy atom. The van der Waals surface area contributed by atoms with Crippen LogP contribution in [-0.4, -0.2) is 60.2 Å². The standard InChI is InChI=1S/C33H30F2N4O3/c34-29-12-6-4-10-27(29)32(41)38-20-18-37(19-21-38)26-16-14-25(15-17-26)36-31(40)23-39(22-24-8-2-1-3-9-24)33(42)28-11-5-7-13-30(28)35/h1-17H,18-23H2,(H,36,40). The van der Waals surface area contributed by atoms with Crippen molar-refractivity contribution in [2.24, 2.45) is 0 Å². The number of rotatable bonds is 8. The minimum atomic E-state index is -0.644. The minimum absolute atomic E-state index is 0.0731. The molecule has 214 valence electrons. The lowest BCUT2D eigenvalue weighted by Gasteiger charge is -2.36. The molecule has 0 unspecified atom stereocenters. The van der Waals surface area contributed by atoms with Crippen LogP contribution in [0.1, 0.15) is 26.3 Å². The van der Waals surface area contributed by atoms with Crippen molar-refractivity contribution in [1.29, 1.82) is 0 Å². The zero-order chi connectivity index (χ0) is 29.5. The molecule has 1 saturated heterocycles. The molecule has 0 atom stereocenters. The van der Waals surface area contributed by atoms with Gasteiger partial charge in [-0.3, -0.25) is 14.4 Å². The summed E-state index contributed by atoms with van der Waals surface area (Å²) in [7, 11) is 0. The highest BCUT2D eigenvalue weighted by molar-refractivity contribution is 5.99. The third-order valence-electron chi connectivity index (χ3n) is 7.13. The fourth-order valence-electron chi connectivity index (χ4n) is 4.91. The summed E-state index contributed by atoms with van der Waals surface area (Å²) in [5, 5.41) is 2.82. The topological polar surface area (TPSA) is 73.0 Å². The SMILES string of the molecule is O=C(CN(Cc1ccccc1)C(=O)c1ccccc1F)Nc1ccc(N2CCN(C(=O)c3ccccc3F)CC2)cc1. The highest BCUT2D eigenvalue weighted by atomic mass is 19.1. The first-order valence-electron chi connectivity index (χ1n) is 13.7. The van der Waals surface area contributed by atoms with Crippen LogP contribution >= 0.6 is 0 Å². The number of carbonyl (C=O) groups excluding carboxylic acids is 3. The molecule has 0 saturated carbocycles. The largest absolute Gasteiger partial charge is 0.368 e. The van der Waals surface area contributed by atoms with Crippen LogP contribution in [0, 0.1) is 11.6 Å². The van der Waals surface area contributed by atoms with Crippen molar-refractivity contribution in [3.8, 4) is 0 Å². The van der Waals surface area contributed by atoms with E-state index < -0.39 is 23.4 Å². The quantitative estimate of drug-likeness (QED) is 0.317. The van der Waals surface area contributed by atoms with E-state index in [-0.39, 0.29) is 30.1 Å². The molecule has 1 N–H and O–H groups in total. The maximum absolute atomic E-state index is 14.4. The van der Waals surface area contributed by atoms with Crippen LogP contribution in [0.3, 0.4) is 0 Å². The van der Waals surface area contributed by atoms with E-state index in [0.29, 0.717) is 31.9 Å². The first kappa shape index (κ1) is 28.5. The molecular weight excluding hydrogens is 538 g/mol. The van der Waals surface area contributed by atoms with E-state index in [2.05, 4.69) is 10.2 Å². The van der Waals surface area contributed by atoms with Gasteiger partial charge in [0.15, 0.2) is 0 Å². The lowest BCUT2D eigenvalue weighted by molar-refractivity contribution is -0.117. The van der Waals surface area contributed by atoms with E-state index in [1.807, 2.05) is 42.5 Å². The van der Waals surface area contributed by atoms with Crippen LogP contribution in [0.15, 0.2) is 103 Å². The van der Waals surface area contributed by atoms with Gasteiger partial charge >= 0.3 is 0 Å². The summed E-state index contributed by atoms with van der Waals surface area (Å²) in [5.74, 6) is -2.48. The molecule has 3 amide bonds. The number of hydrogen-bond acceptors (Lipinski definition) is 4. The summed E-state index contributed by atoms with van der Waals surface area (Å²) in [6.07, 6.45) is 0. The number of benzene rings is 4. The molecule has 5 rings (SSSR count). The molecule has 42 heavy (non-hydrogen) atoms. The Morgan fingerprint density at radius 3 is 1.88 bits per heavy atom. The predicted molar refractivity (Wildman–Crippen MR) is 157 cm³/mol. The molecule has 0 aliphatic carbocycles. The van der Waals surface area contributed by atoms with Crippen LogP contribution in [0.4, 0.5) is 20.2 Å². The van der Waals surface area contributed by atoms with Crippen molar-refractivity contribution in [1.82, 2.24) is 9.80 Å². The summed E-state index contributed by atoms with van der Waals surface area (Å²) < 4.78 is 28.4. The Balaban J connectivity index is 1.19. The van der Waals surface area contributed by atoms with Gasteiger partial charge in [-0.15, -0.1) is 0 Å². The molecule has 1 heterocycles. The van der Waals surface area contributed by atoms with Crippen molar-refractivity contribution >= 4 is 29.1 Å². The van der Waals surface area contributed by atoms with E-state index in [9.17, 15) is 23.2 Å². The first-order valence-corrected chi connectivity index (χ1v) is 13.7. The van der Waals surface area contributed by atoms with Gasteiger partial charge in [0.2, 0.25) is 5.91 Å². The highest BCUT2D eigenvalue weighted by Crippen LogP contribution is 2.21. The van der Waals surface area contributed by atoms with Gasteiger partial charge in [-0.25, -0.2) is 8.78 Å². The smallest absolute Gasteiger partial charge is 0.257 e. The Labute approximate surface area is 243 Å². The average molecular weight is 569 g/mol. The summed E-state index contributed by atoms with van der Waals surface area (Å²) in [6.45, 7) is 1.96. The Bertz CT molecular complexity index is 1560. The van der Waals surface area contributed by atoms with Gasteiger partial charge in [0.25, 0.3) is 11.8 Å². The average Bonchev–Trinajstić information content (AvgIpc) is 3.01. The monoisotopic (exact) mass is 568 g/mol. The normalized spacial score (nSPS) is 13.0. The number of nitrogens with zero attached hydrogens (tertiary/aromatic N) is 3. The Hall–Kier alpha value is -5.05. The van der Waals surface area contributed by atoms with Crippen LogP contribution in [-0.2, 0) is 11.3 Å². The fourth-order valence-corrected chi connectivity index (χ4v) is 4.91. The second-order valence-corrected chi connectivity index (χ2v) is 9.98. The molecule has 4 aromatic rings. The van der Waals surface area contributed by atoms with Gasteiger partial charge in [-0.05, 0) is 54.1 Å². The van der Waals surface area contributed by atoms with Crippen molar-refractivity contribution in [2.45, 2.75) is 6.54 Å². The van der Waals surface area contributed by atoms with Crippen LogP contribution in [0.25, 0.3) is 0 Å². The predicted octanol–water partition coefficient (Wildman–Crippen LogP) is 5.21. The summed E-state index contributed by atoms with van der Waals surface area (Å²) >= 11 is 0. The minimum Gasteiger partial charge on any atom is -0.368 e. The number of halogens is 2. The molecule has 4 aromatic carbocycles. The molecule has 0 radical (unpaired) electrons. The number of amides is 3. The Morgan fingerprint density at radius 1 is 0.690 bits per heavy atom. The van der Waals surface area contributed by atoms with Crippen LogP contribution < -0.4 is 10.2 Å². The van der Waals surface area contributed by atoms with Crippen LogP contribution in [0.5, 0.6) is 0 Å². The Kier molecular flexibility index (Phi) is 8.87. The van der Waals surface area contributed by atoms with E-state index in [1.165, 1.54) is 35.2 Å². The lowest BCUT2D eigenvalue weighted by Crippen LogP contribution is -2.49. The van der Waals surface area contributed by atoms with Gasteiger partial charge in [0, 0.05) is 44.1 Å². The van der Waals surface area contributed by atoms with Gasteiger partial charge in [0.05, 0.1) is 11.1 Å². The summed E-state index contributed by atoms with van der Waals surface area (Å²) in [4.78, 5) is 44.0. The molecular formula is C33H30F2N4O3. The second-order valence-electron chi connectivity index (χ2n) is 9.98. The lowest BCUT2D eigenvalue weighted by atomic mass is 10.1. The van der Waals surface area contributed by atoms with Crippen molar-refractivity contribution in [3.05, 3.63) is 131 Å². The van der Waals surface area contributed by atoms with Crippen LogP contribution in [0.2, 0.25) is 0 Å². The van der Waals surface area contributed by atoms with Crippen molar-refractivity contribution < 1.29 is 23.2 Å². The number of anilines is 2. The third kappa shape index (κ3) is 6.80. The highest BCUT2D eigenvalue weighted by Gasteiger charge is 2.25. The molecule has 1 fully saturated rings. The number of hydrogen-bond donors (Lipinski definition) is 1. The number of nitrogens with one attached hydrogen (secondary N) is 1. The molecule has 0 bridgehead atoms. The maximum Gasteiger partial charge on any atom is 0.257 e. The molecule has 1 aliphatic rings. The zero-order valence-electron chi connectivity index (χ0n) is 22.9. The van der Waals surface area contributed by atoms with E-state index in [1.54, 1.807) is 35.2 Å². The molecule has 0 spiro atoms. The second kappa shape index (κ2) is 13.1. The van der Waals surface area contributed by atoms with Gasteiger partial charge in [-0.2, -0.15) is 0 Å². The van der Waals surface area contributed by atoms with E-state index in [4.69, 9.17) is 0 Å². The van der Waals surface area contributed by atoms with E-state index in [0.717, 1.165) is 11.3 Å². The summed E-state index contributed by atoms with van der Waals surface area (Å²) in [5.41, 5.74) is 2.27. The molecule has 9 heteroatoms. The number of carbonyl (C=O) groups is 3. The van der Waals surface area contributed by atoms with Gasteiger partial charge < -0.3 is 20.0 Å². The third-order valence-corrected chi connectivity index (χ3v) is 7.13. The molecule has 1 aliphatic heterocycles. The first-order chi connectivity index (χ1) is 20.4. The van der Waals surface area contributed by atoms with Crippen molar-refractivity contribution in [3.63, 3.8) is 0 Å². The number of piperazine rings is 1. The maximum atomic E-state index is 14.4. The molecule has 0 aromatic heterocycles. The summed E-state index contributed by atoms with van der Waals surface area (Å²) in [6, 6.07) is 28.2. The van der Waals surface area contributed by atoms with Crippen molar-refractivity contribution in [2.75, 3.05) is 42.9 Å². The molecule has 7 nitrogen and oxygen atoms in total. The van der Waals surface area contributed by atoms with Gasteiger partial charge in [-0.1, -0.05) is 54.6 Å². The zero-order valence-corrected chi connectivity index (χ0v) is 22.9.